The first-order chi connectivity index (χ1) is 9.24. The number of hydrogen-bond donors (Lipinski definition) is 2. The zero-order chi connectivity index (χ0) is 13.5. The number of benzene rings is 1. The maximum absolute atomic E-state index is 11.6. The Morgan fingerprint density at radius 1 is 1.47 bits per heavy atom. The van der Waals surface area contributed by atoms with E-state index in [0.717, 1.165) is 18.6 Å². The predicted octanol–water partition coefficient (Wildman–Crippen LogP) is 2.12. The van der Waals surface area contributed by atoms with E-state index >= 15 is 0 Å². The van der Waals surface area contributed by atoms with Gasteiger partial charge in [-0.25, -0.2) is 0 Å². The van der Waals surface area contributed by atoms with Crippen LogP contribution >= 0.6 is 0 Å². The first-order valence-electron chi connectivity index (χ1n) is 6.66. The van der Waals surface area contributed by atoms with Gasteiger partial charge in [-0.1, -0.05) is 18.2 Å². The highest BCUT2D eigenvalue weighted by molar-refractivity contribution is 5.76. The third kappa shape index (κ3) is 4.66. The second-order valence-electron chi connectivity index (χ2n) is 4.74. The molecule has 1 unspecified atom stereocenters. The Labute approximate surface area is 113 Å². The molecule has 1 aliphatic carbocycles. The van der Waals surface area contributed by atoms with Crippen LogP contribution in [0.1, 0.15) is 19.3 Å². The number of hydrogen-bond acceptors (Lipinski definition) is 3. The lowest BCUT2D eigenvalue weighted by Gasteiger charge is -2.10. The van der Waals surface area contributed by atoms with Crippen molar-refractivity contribution in [2.24, 2.45) is 5.92 Å². The fraction of sp³-hybridized carbons (Fsp3) is 0.400. The SMILES string of the molecule is Nc1cccc(OCCNC(=O)CC2C=CCC2)c1. The van der Waals surface area contributed by atoms with Gasteiger partial charge in [-0.15, -0.1) is 0 Å². The van der Waals surface area contributed by atoms with Crippen molar-refractivity contribution in [3.8, 4) is 5.75 Å². The molecule has 0 radical (unpaired) electrons. The normalized spacial score (nSPS) is 17.4. The number of nitrogen functional groups attached to an aromatic ring is 1. The van der Waals surface area contributed by atoms with E-state index in [2.05, 4.69) is 17.5 Å². The van der Waals surface area contributed by atoms with E-state index in [4.69, 9.17) is 10.5 Å². The average Bonchev–Trinajstić information content (AvgIpc) is 2.87. The van der Waals surface area contributed by atoms with E-state index in [1.807, 2.05) is 18.2 Å². The van der Waals surface area contributed by atoms with E-state index in [1.54, 1.807) is 6.07 Å². The second-order valence-corrected chi connectivity index (χ2v) is 4.74. The van der Waals surface area contributed by atoms with Gasteiger partial charge >= 0.3 is 0 Å². The van der Waals surface area contributed by atoms with Gasteiger partial charge in [0.2, 0.25) is 5.91 Å². The minimum atomic E-state index is 0.0905. The number of carbonyl (C=O) groups excluding carboxylic acids is 1. The van der Waals surface area contributed by atoms with E-state index in [-0.39, 0.29) is 5.91 Å². The lowest BCUT2D eigenvalue weighted by Crippen LogP contribution is -2.29. The van der Waals surface area contributed by atoms with Gasteiger partial charge in [0.05, 0.1) is 6.54 Å². The molecule has 19 heavy (non-hydrogen) atoms. The molecule has 0 aromatic heterocycles. The zero-order valence-corrected chi connectivity index (χ0v) is 11.0. The summed E-state index contributed by atoms with van der Waals surface area (Å²) in [5, 5.41) is 2.87. The molecule has 3 N–H and O–H groups in total. The summed E-state index contributed by atoms with van der Waals surface area (Å²) in [5.41, 5.74) is 6.32. The molecule has 1 aromatic carbocycles. The van der Waals surface area contributed by atoms with E-state index < -0.39 is 0 Å². The molecule has 0 heterocycles. The number of nitrogens with one attached hydrogen (secondary N) is 1. The van der Waals surface area contributed by atoms with Crippen LogP contribution in [-0.2, 0) is 4.79 Å². The quantitative estimate of drug-likeness (QED) is 0.468. The number of amides is 1. The smallest absolute Gasteiger partial charge is 0.220 e. The number of ether oxygens (including phenoxy) is 1. The molecular weight excluding hydrogens is 240 g/mol. The third-order valence-corrected chi connectivity index (χ3v) is 3.11. The lowest BCUT2D eigenvalue weighted by molar-refractivity contribution is -0.121. The van der Waals surface area contributed by atoms with Gasteiger partial charge in [0.15, 0.2) is 0 Å². The molecule has 1 aromatic rings. The number of nitrogens with two attached hydrogens (primary N) is 1. The van der Waals surface area contributed by atoms with Gasteiger partial charge < -0.3 is 15.8 Å². The molecule has 0 saturated heterocycles. The molecule has 0 bridgehead atoms. The highest BCUT2D eigenvalue weighted by Crippen LogP contribution is 2.19. The Morgan fingerprint density at radius 2 is 2.37 bits per heavy atom. The number of allylic oxidation sites excluding steroid dienone is 2. The highest BCUT2D eigenvalue weighted by atomic mass is 16.5. The fourth-order valence-electron chi connectivity index (χ4n) is 2.14. The van der Waals surface area contributed by atoms with Crippen LogP contribution in [0.15, 0.2) is 36.4 Å². The van der Waals surface area contributed by atoms with Crippen molar-refractivity contribution in [1.82, 2.24) is 5.32 Å². The maximum Gasteiger partial charge on any atom is 0.220 e. The van der Waals surface area contributed by atoms with Crippen molar-refractivity contribution in [2.45, 2.75) is 19.3 Å². The maximum atomic E-state index is 11.6. The van der Waals surface area contributed by atoms with Crippen molar-refractivity contribution in [3.05, 3.63) is 36.4 Å². The Morgan fingerprint density at radius 3 is 3.11 bits per heavy atom. The Hall–Kier alpha value is -1.97. The highest BCUT2D eigenvalue weighted by Gasteiger charge is 2.13. The van der Waals surface area contributed by atoms with Crippen molar-refractivity contribution in [3.63, 3.8) is 0 Å². The Balaban J connectivity index is 1.61. The summed E-state index contributed by atoms with van der Waals surface area (Å²) in [6, 6.07) is 7.27. The predicted molar refractivity (Wildman–Crippen MR) is 75.8 cm³/mol. The molecule has 102 valence electrons. The fourth-order valence-corrected chi connectivity index (χ4v) is 2.14. The van der Waals surface area contributed by atoms with Gasteiger partial charge in [-0.2, -0.15) is 0 Å². The van der Waals surface area contributed by atoms with Crippen molar-refractivity contribution >= 4 is 11.6 Å². The molecule has 4 nitrogen and oxygen atoms in total. The second kappa shape index (κ2) is 6.83. The molecule has 0 saturated carbocycles. The van der Waals surface area contributed by atoms with Crippen LogP contribution in [-0.4, -0.2) is 19.1 Å². The topological polar surface area (TPSA) is 64.3 Å². The van der Waals surface area contributed by atoms with Crippen LogP contribution in [0, 0.1) is 5.92 Å². The molecule has 0 fully saturated rings. The summed E-state index contributed by atoms with van der Waals surface area (Å²) >= 11 is 0. The average molecular weight is 260 g/mol. The standard InChI is InChI=1S/C15H20N2O2/c16-13-6-3-7-14(11-13)19-9-8-17-15(18)10-12-4-1-2-5-12/h1,3-4,6-7,11-12H,2,5,8-10,16H2,(H,17,18). The van der Waals surface area contributed by atoms with Gasteiger partial charge in [0.25, 0.3) is 0 Å². The number of anilines is 1. The summed E-state index contributed by atoms with van der Waals surface area (Å²) in [5.74, 6) is 1.23. The first kappa shape index (κ1) is 13.5. The summed E-state index contributed by atoms with van der Waals surface area (Å²) in [6.07, 6.45) is 7.03. The molecule has 0 spiro atoms. The monoisotopic (exact) mass is 260 g/mol. The van der Waals surface area contributed by atoms with Gasteiger partial charge in [0.1, 0.15) is 12.4 Å². The van der Waals surface area contributed by atoms with Crippen molar-refractivity contribution < 1.29 is 9.53 Å². The summed E-state index contributed by atoms with van der Waals surface area (Å²) in [6.45, 7) is 0.972. The molecule has 0 aliphatic heterocycles. The van der Waals surface area contributed by atoms with Crippen LogP contribution in [0.2, 0.25) is 0 Å². The number of rotatable bonds is 6. The molecule has 1 aliphatic rings. The van der Waals surface area contributed by atoms with E-state index in [1.165, 1.54) is 0 Å². The lowest BCUT2D eigenvalue weighted by atomic mass is 10.1. The van der Waals surface area contributed by atoms with Crippen LogP contribution < -0.4 is 15.8 Å². The first-order valence-corrected chi connectivity index (χ1v) is 6.66. The summed E-state index contributed by atoms with van der Waals surface area (Å²) < 4.78 is 5.50. The summed E-state index contributed by atoms with van der Waals surface area (Å²) in [7, 11) is 0. The van der Waals surface area contributed by atoms with E-state index in [0.29, 0.717) is 31.2 Å². The molecular formula is C15H20N2O2. The van der Waals surface area contributed by atoms with Crippen LogP contribution in [0.5, 0.6) is 5.75 Å². The molecule has 1 amide bonds. The number of carbonyl (C=O) groups is 1. The minimum absolute atomic E-state index is 0.0905. The van der Waals surface area contributed by atoms with Crippen molar-refractivity contribution in [2.75, 3.05) is 18.9 Å². The molecule has 2 rings (SSSR count). The van der Waals surface area contributed by atoms with Gasteiger partial charge in [-0.3, -0.25) is 4.79 Å². The molecule has 4 heteroatoms. The van der Waals surface area contributed by atoms with Gasteiger partial charge in [0, 0.05) is 18.2 Å². The van der Waals surface area contributed by atoms with Crippen LogP contribution in [0.4, 0.5) is 5.69 Å². The van der Waals surface area contributed by atoms with Crippen molar-refractivity contribution in [1.29, 1.82) is 0 Å². The van der Waals surface area contributed by atoms with Gasteiger partial charge in [-0.05, 0) is 30.9 Å². The van der Waals surface area contributed by atoms with Crippen LogP contribution in [0.3, 0.4) is 0 Å². The third-order valence-electron chi connectivity index (χ3n) is 3.11. The minimum Gasteiger partial charge on any atom is -0.492 e. The van der Waals surface area contributed by atoms with Crippen LogP contribution in [0.25, 0.3) is 0 Å². The zero-order valence-electron chi connectivity index (χ0n) is 11.0. The Bertz CT molecular complexity index is 457. The Kier molecular flexibility index (Phi) is 4.84. The van der Waals surface area contributed by atoms with E-state index in [9.17, 15) is 4.79 Å². The summed E-state index contributed by atoms with van der Waals surface area (Å²) in [4.78, 5) is 11.6. The largest absolute Gasteiger partial charge is 0.492 e. The molecule has 1 atom stereocenters.